The van der Waals surface area contributed by atoms with Gasteiger partial charge in [0.25, 0.3) is 0 Å². The zero-order chi connectivity index (χ0) is 16.6. The number of carboxylic acid groups (broad SMARTS) is 1. The number of fused-ring (bicyclic) bond motifs is 1. The summed E-state index contributed by atoms with van der Waals surface area (Å²) in [4.78, 5) is 10.7. The molecule has 1 heterocycles. The third-order valence-electron chi connectivity index (χ3n) is 4.09. The lowest BCUT2D eigenvalue weighted by Gasteiger charge is -2.16. The number of amides is 1. The van der Waals surface area contributed by atoms with E-state index >= 15 is 0 Å². The number of carbonyl (C=O) groups is 1. The Labute approximate surface area is 140 Å². The molecule has 2 N–H and O–H groups in total. The molecule has 1 amide bonds. The highest BCUT2D eigenvalue weighted by atomic mass is 35.5. The monoisotopic (exact) mass is 331 g/mol. The zero-order valence-electron chi connectivity index (χ0n) is 13.0. The van der Waals surface area contributed by atoms with E-state index in [9.17, 15) is 4.79 Å². The fraction of sp³-hybridized carbons (Fsp3) is 0.278. The first-order valence-corrected chi connectivity index (χ1v) is 7.86. The first-order chi connectivity index (χ1) is 11.0. The second-order valence-electron chi connectivity index (χ2n) is 5.84. The maximum absolute atomic E-state index is 10.7. The van der Waals surface area contributed by atoms with Crippen molar-refractivity contribution >= 4 is 17.7 Å². The number of rotatable bonds is 3. The van der Waals surface area contributed by atoms with Crippen molar-refractivity contribution in [3.8, 4) is 16.9 Å². The van der Waals surface area contributed by atoms with Crippen LogP contribution in [0.1, 0.15) is 16.7 Å². The molecule has 0 radical (unpaired) electrons. The number of benzene rings is 2. The van der Waals surface area contributed by atoms with Gasteiger partial charge >= 0.3 is 6.09 Å². The molecule has 5 heteroatoms. The van der Waals surface area contributed by atoms with Gasteiger partial charge in [-0.15, -0.1) is 0 Å². The molecule has 4 nitrogen and oxygen atoms in total. The van der Waals surface area contributed by atoms with Gasteiger partial charge in [-0.05, 0) is 42.7 Å². The average Bonchev–Trinajstić information content (AvgIpc) is 2.87. The van der Waals surface area contributed by atoms with Crippen molar-refractivity contribution in [1.29, 1.82) is 0 Å². The first kappa shape index (κ1) is 15.7. The molecule has 0 saturated heterocycles. The Hall–Kier alpha value is -2.20. The van der Waals surface area contributed by atoms with Crippen molar-refractivity contribution < 1.29 is 14.6 Å². The lowest BCUT2D eigenvalue weighted by atomic mass is 9.93. The number of hydrogen-bond donors (Lipinski definition) is 2. The fourth-order valence-corrected chi connectivity index (χ4v) is 3.38. The molecule has 1 aliphatic rings. The van der Waals surface area contributed by atoms with Crippen LogP contribution < -0.4 is 10.1 Å². The normalized spacial score (nSPS) is 15.9. The van der Waals surface area contributed by atoms with Gasteiger partial charge in [0, 0.05) is 22.6 Å². The molecular weight excluding hydrogens is 314 g/mol. The number of ether oxygens (including phenoxy) is 1. The molecule has 3 rings (SSSR count). The van der Waals surface area contributed by atoms with Crippen LogP contribution in [0.4, 0.5) is 4.79 Å². The summed E-state index contributed by atoms with van der Waals surface area (Å²) in [6, 6.07) is 9.97. The number of nitrogens with one attached hydrogen (secondary N) is 1. The predicted molar refractivity (Wildman–Crippen MR) is 90.5 cm³/mol. The standard InChI is InChI=1S/C18H18ClNO3/c1-10-4-3-5-11(2)16(10)15-8-13(19)6-12-7-14(23-17(12)15)9-20-18(21)22/h3-6,8,14,20H,7,9H2,1-2H3,(H,21,22). The van der Waals surface area contributed by atoms with Gasteiger partial charge in [-0.25, -0.2) is 4.79 Å². The Morgan fingerprint density at radius 3 is 2.70 bits per heavy atom. The second kappa shape index (κ2) is 6.13. The van der Waals surface area contributed by atoms with E-state index < -0.39 is 6.09 Å². The molecule has 0 aromatic heterocycles. The van der Waals surface area contributed by atoms with Gasteiger partial charge in [0.2, 0.25) is 0 Å². The van der Waals surface area contributed by atoms with Crippen molar-refractivity contribution in [2.75, 3.05) is 6.54 Å². The van der Waals surface area contributed by atoms with E-state index in [-0.39, 0.29) is 12.6 Å². The lowest BCUT2D eigenvalue weighted by molar-refractivity contribution is 0.181. The zero-order valence-corrected chi connectivity index (χ0v) is 13.8. The molecule has 1 unspecified atom stereocenters. The Morgan fingerprint density at radius 2 is 2.04 bits per heavy atom. The van der Waals surface area contributed by atoms with Gasteiger partial charge in [-0.1, -0.05) is 29.8 Å². The molecule has 1 atom stereocenters. The summed E-state index contributed by atoms with van der Waals surface area (Å²) in [6.07, 6.45) is -0.603. The van der Waals surface area contributed by atoms with Gasteiger partial charge in [0.05, 0.1) is 6.54 Å². The minimum atomic E-state index is -1.04. The van der Waals surface area contributed by atoms with Crippen molar-refractivity contribution in [2.24, 2.45) is 0 Å². The van der Waals surface area contributed by atoms with Crippen LogP contribution in [0.25, 0.3) is 11.1 Å². The van der Waals surface area contributed by atoms with Gasteiger partial charge in [-0.2, -0.15) is 0 Å². The third kappa shape index (κ3) is 3.13. The Bertz CT molecular complexity index is 753. The number of halogens is 1. The van der Waals surface area contributed by atoms with E-state index in [0.29, 0.717) is 11.4 Å². The van der Waals surface area contributed by atoms with Crippen molar-refractivity contribution in [2.45, 2.75) is 26.4 Å². The van der Waals surface area contributed by atoms with Crippen molar-refractivity contribution in [1.82, 2.24) is 5.32 Å². The van der Waals surface area contributed by atoms with E-state index in [0.717, 1.165) is 33.6 Å². The van der Waals surface area contributed by atoms with Crippen LogP contribution in [0.2, 0.25) is 5.02 Å². The van der Waals surface area contributed by atoms with Crippen LogP contribution in [-0.2, 0) is 6.42 Å². The molecule has 2 aromatic carbocycles. The summed E-state index contributed by atoms with van der Waals surface area (Å²) in [5, 5.41) is 11.8. The largest absolute Gasteiger partial charge is 0.487 e. The number of aryl methyl sites for hydroxylation is 2. The average molecular weight is 332 g/mol. The molecule has 2 aromatic rings. The van der Waals surface area contributed by atoms with Crippen molar-refractivity contribution in [3.63, 3.8) is 0 Å². The fourth-order valence-electron chi connectivity index (χ4n) is 3.13. The third-order valence-corrected chi connectivity index (χ3v) is 4.31. The summed E-state index contributed by atoms with van der Waals surface area (Å²) in [7, 11) is 0. The quantitative estimate of drug-likeness (QED) is 0.886. The van der Waals surface area contributed by atoms with E-state index in [1.54, 1.807) is 0 Å². The minimum absolute atomic E-state index is 0.206. The molecule has 120 valence electrons. The SMILES string of the molecule is Cc1cccc(C)c1-c1cc(Cl)cc2c1OC(CNC(=O)O)C2. The smallest absolute Gasteiger partial charge is 0.404 e. The minimum Gasteiger partial charge on any atom is -0.487 e. The van der Waals surface area contributed by atoms with Crippen LogP contribution in [-0.4, -0.2) is 23.8 Å². The highest BCUT2D eigenvalue weighted by molar-refractivity contribution is 6.31. The van der Waals surface area contributed by atoms with Gasteiger partial charge in [0.1, 0.15) is 11.9 Å². The maximum atomic E-state index is 10.7. The number of hydrogen-bond acceptors (Lipinski definition) is 2. The summed E-state index contributed by atoms with van der Waals surface area (Å²) in [6.45, 7) is 4.38. The Balaban J connectivity index is 2.01. The second-order valence-corrected chi connectivity index (χ2v) is 6.27. The Morgan fingerprint density at radius 1 is 1.35 bits per heavy atom. The summed E-state index contributed by atoms with van der Waals surface area (Å²) < 4.78 is 6.02. The summed E-state index contributed by atoms with van der Waals surface area (Å²) >= 11 is 6.29. The molecule has 0 aliphatic carbocycles. The van der Waals surface area contributed by atoms with Gasteiger partial charge in [0.15, 0.2) is 0 Å². The van der Waals surface area contributed by atoms with Gasteiger partial charge in [-0.3, -0.25) is 0 Å². The van der Waals surface area contributed by atoms with Crippen LogP contribution in [0.3, 0.4) is 0 Å². The van der Waals surface area contributed by atoms with E-state index in [2.05, 4.69) is 31.3 Å². The maximum Gasteiger partial charge on any atom is 0.404 e. The van der Waals surface area contributed by atoms with Crippen LogP contribution >= 0.6 is 11.6 Å². The molecule has 1 aliphatic heterocycles. The molecular formula is C18H18ClNO3. The van der Waals surface area contributed by atoms with Crippen LogP contribution in [0.15, 0.2) is 30.3 Å². The molecule has 23 heavy (non-hydrogen) atoms. The summed E-state index contributed by atoms with van der Waals surface area (Å²) in [5.41, 5.74) is 5.43. The Kier molecular flexibility index (Phi) is 4.18. The molecule has 0 saturated carbocycles. The van der Waals surface area contributed by atoms with Crippen LogP contribution in [0.5, 0.6) is 5.75 Å². The lowest BCUT2D eigenvalue weighted by Crippen LogP contribution is -2.33. The van der Waals surface area contributed by atoms with Gasteiger partial charge < -0.3 is 15.2 Å². The molecule has 0 spiro atoms. The van der Waals surface area contributed by atoms with Crippen molar-refractivity contribution in [3.05, 3.63) is 52.0 Å². The van der Waals surface area contributed by atoms with Crippen LogP contribution in [0, 0.1) is 13.8 Å². The highest BCUT2D eigenvalue weighted by Gasteiger charge is 2.27. The van der Waals surface area contributed by atoms with E-state index in [4.69, 9.17) is 21.4 Å². The first-order valence-electron chi connectivity index (χ1n) is 7.48. The van der Waals surface area contributed by atoms with E-state index in [1.165, 1.54) is 0 Å². The molecule has 0 bridgehead atoms. The highest BCUT2D eigenvalue weighted by Crippen LogP contribution is 2.43. The predicted octanol–water partition coefficient (Wildman–Crippen LogP) is 4.19. The molecule has 0 fully saturated rings. The van der Waals surface area contributed by atoms with E-state index in [1.807, 2.05) is 18.2 Å². The summed E-state index contributed by atoms with van der Waals surface area (Å²) in [5.74, 6) is 0.809. The topological polar surface area (TPSA) is 58.6 Å².